The van der Waals surface area contributed by atoms with Crippen LogP contribution in [0.4, 0.5) is 0 Å². The maximum Gasteiger partial charge on any atom is 0.306 e. The van der Waals surface area contributed by atoms with Crippen molar-refractivity contribution in [3.63, 3.8) is 0 Å². The minimum Gasteiger partial charge on any atom is -0.481 e. The second-order valence-corrected chi connectivity index (χ2v) is 5.09. The van der Waals surface area contributed by atoms with E-state index in [1.165, 1.54) is 0 Å². The lowest BCUT2D eigenvalue weighted by molar-refractivity contribution is -0.141. The van der Waals surface area contributed by atoms with E-state index in [4.69, 9.17) is 16.7 Å². The molecule has 0 heterocycles. The molecule has 19 heavy (non-hydrogen) atoms. The number of amides is 1. The van der Waals surface area contributed by atoms with E-state index in [1.807, 2.05) is 6.92 Å². The zero-order chi connectivity index (χ0) is 14.4. The van der Waals surface area contributed by atoms with Gasteiger partial charge in [-0.2, -0.15) is 0 Å². The summed E-state index contributed by atoms with van der Waals surface area (Å²) >= 11 is 5.89. The van der Waals surface area contributed by atoms with Crippen molar-refractivity contribution in [1.29, 1.82) is 0 Å². The largest absolute Gasteiger partial charge is 0.481 e. The molecule has 0 aliphatic carbocycles. The van der Waals surface area contributed by atoms with E-state index in [9.17, 15) is 9.59 Å². The fraction of sp³-hybridized carbons (Fsp3) is 0.429. The summed E-state index contributed by atoms with van der Waals surface area (Å²) < 4.78 is 0. The number of hydrogen-bond donors (Lipinski definition) is 2. The molecule has 0 spiro atoms. The first kappa shape index (κ1) is 15.5. The molecule has 5 heteroatoms. The van der Waals surface area contributed by atoms with Crippen molar-refractivity contribution in [1.82, 2.24) is 5.32 Å². The fourth-order valence-corrected chi connectivity index (χ4v) is 1.99. The average molecular weight is 284 g/mol. The summed E-state index contributed by atoms with van der Waals surface area (Å²) in [7, 11) is 0. The van der Waals surface area contributed by atoms with Crippen molar-refractivity contribution >= 4 is 23.5 Å². The molecule has 104 valence electrons. The van der Waals surface area contributed by atoms with Crippen molar-refractivity contribution in [2.75, 3.05) is 6.54 Å². The molecule has 0 aliphatic heterocycles. The molecule has 2 N–H and O–H groups in total. The Bertz CT molecular complexity index is 454. The van der Waals surface area contributed by atoms with Crippen LogP contribution in [0.25, 0.3) is 0 Å². The summed E-state index contributed by atoms with van der Waals surface area (Å²) in [5, 5.41) is 12.0. The molecular formula is C14H18ClNO3. The Labute approximate surface area is 117 Å². The summed E-state index contributed by atoms with van der Waals surface area (Å²) in [5.41, 5.74) is 1.45. The highest BCUT2D eigenvalue weighted by molar-refractivity contribution is 6.31. The van der Waals surface area contributed by atoms with Crippen LogP contribution in [0.15, 0.2) is 18.2 Å². The number of nitrogens with one attached hydrogen (secondary N) is 1. The zero-order valence-corrected chi connectivity index (χ0v) is 11.8. The zero-order valence-electron chi connectivity index (χ0n) is 11.1. The first-order chi connectivity index (χ1) is 8.90. The van der Waals surface area contributed by atoms with E-state index in [0.29, 0.717) is 30.0 Å². The Morgan fingerprint density at radius 2 is 2.05 bits per heavy atom. The van der Waals surface area contributed by atoms with Crippen LogP contribution in [0.2, 0.25) is 5.02 Å². The normalized spacial score (nSPS) is 11.9. The third-order valence-corrected chi connectivity index (χ3v) is 3.04. The Balaban J connectivity index is 2.41. The van der Waals surface area contributed by atoms with Gasteiger partial charge in [0.05, 0.1) is 5.92 Å². The number of aliphatic carboxylic acids is 1. The quantitative estimate of drug-likeness (QED) is 0.789. The molecule has 1 aromatic rings. The number of aryl methyl sites for hydroxylation is 1. The smallest absolute Gasteiger partial charge is 0.306 e. The van der Waals surface area contributed by atoms with Crippen LogP contribution in [-0.4, -0.2) is 23.5 Å². The predicted molar refractivity (Wildman–Crippen MR) is 74.6 cm³/mol. The predicted octanol–water partition coefficient (Wildman–Crippen LogP) is 2.88. The number of halogens is 1. The van der Waals surface area contributed by atoms with Crippen LogP contribution in [0.3, 0.4) is 0 Å². The van der Waals surface area contributed by atoms with Gasteiger partial charge in [-0.05, 0) is 43.5 Å². The summed E-state index contributed by atoms with van der Waals surface area (Å²) in [6.07, 6.45) is 1.18. The number of carboxylic acids is 1. The standard InChI is InChI=1S/C14H18ClNO3/c1-9-6-11(8-12(15)7-9)13(17)16-5-3-4-10(2)14(18)19/h6-8,10H,3-5H2,1-2H3,(H,16,17)(H,18,19). The molecule has 0 saturated carbocycles. The molecule has 0 bridgehead atoms. The van der Waals surface area contributed by atoms with E-state index < -0.39 is 5.97 Å². The van der Waals surface area contributed by atoms with Gasteiger partial charge in [0, 0.05) is 17.1 Å². The molecule has 0 aromatic heterocycles. The SMILES string of the molecule is Cc1cc(Cl)cc(C(=O)NCCCC(C)C(=O)O)c1. The first-order valence-electron chi connectivity index (χ1n) is 6.18. The van der Waals surface area contributed by atoms with Gasteiger partial charge in [-0.3, -0.25) is 9.59 Å². The van der Waals surface area contributed by atoms with Gasteiger partial charge >= 0.3 is 5.97 Å². The van der Waals surface area contributed by atoms with Crippen molar-refractivity contribution in [3.8, 4) is 0 Å². The van der Waals surface area contributed by atoms with Gasteiger partial charge in [0.2, 0.25) is 0 Å². The van der Waals surface area contributed by atoms with Gasteiger partial charge in [-0.15, -0.1) is 0 Å². The van der Waals surface area contributed by atoms with Gasteiger partial charge in [-0.1, -0.05) is 18.5 Å². The van der Waals surface area contributed by atoms with Gasteiger partial charge in [0.15, 0.2) is 0 Å². The minimum absolute atomic E-state index is 0.187. The lowest BCUT2D eigenvalue weighted by atomic mass is 10.1. The van der Waals surface area contributed by atoms with Gasteiger partial charge in [0.1, 0.15) is 0 Å². The lowest BCUT2D eigenvalue weighted by Crippen LogP contribution is -2.25. The van der Waals surface area contributed by atoms with Crippen LogP contribution in [0.5, 0.6) is 0 Å². The van der Waals surface area contributed by atoms with Crippen molar-refractivity contribution in [3.05, 3.63) is 34.3 Å². The van der Waals surface area contributed by atoms with Crippen LogP contribution in [0, 0.1) is 12.8 Å². The molecule has 0 aliphatic rings. The highest BCUT2D eigenvalue weighted by Crippen LogP contribution is 2.14. The first-order valence-corrected chi connectivity index (χ1v) is 6.56. The maximum absolute atomic E-state index is 11.8. The van der Waals surface area contributed by atoms with Crippen molar-refractivity contribution < 1.29 is 14.7 Å². The Morgan fingerprint density at radius 1 is 1.37 bits per heavy atom. The number of carbonyl (C=O) groups excluding carboxylic acids is 1. The van der Waals surface area contributed by atoms with Crippen LogP contribution >= 0.6 is 11.6 Å². The Morgan fingerprint density at radius 3 is 2.63 bits per heavy atom. The topological polar surface area (TPSA) is 66.4 Å². The molecule has 1 unspecified atom stereocenters. The second-order valence-electron chi connectivity index (χ2n) is 4.65. The molecule has 0 fully saturated rings. The summed E-state index contributed by atoms with van der Waals surface area (Å²) in [5.74, 6) is -1.38. The molecule has 1 atom stereocenters. The number of rotatable bonds is 6. The van der Waals surface area contributed by atoms with Crippen LogP contribution in [-0.2, 0) is 4.79 Å². The third-order valence-electron chi connectivity index (χ3n) is 2.83. The summed E-state index contributed by atoms with van der Waals surface area (Å²) in [6, 6.07) is 5.16. The highest BCUT2D eigenvalue weighted by atomic mass is 35.5. The van der Waals surface area contributed by atoms with Crippen LogP contribution < -0.4 is 5.32 Å². The summed E-state index contributed by atoms with van der Waals surface area (Å²) in [4.78, 5) is 22.5. The fourth-order valence-electron chi connectivity index (χ4n) is 1.70. The third kappa shape index (κ3) is 5.30. The molecule has 4 nitrogen and oxygen atoms in total. The maximum atomic E-state index is 11.8. The van der Waals surface area contributed by atoms with E-state index >= 15 is 0 Å². The molecule has 1 rings (SSSR count). The van der Waals surface area contributed by atoms with Gasteiger partial charge in [-0.25, -0.2) is 0 Å². The van der Waals surface area contributed by atoms with E-state index in [2.05, 4.69) is 5.32 Å². The number of carbonyl (C=O) groups is 2. The molecule has 0 saturated heterocycles. The van der Waals surface area contributed by atoms with Crippen molar-refractivity contribution in [2.24, 2.45) is 5.92 Å². The molecule has 0 radical (unpaired) electrons. The van der Waals surface area contributed by atoms with Crippen molar-refractivity contribution in [2.45, 2.75) is 26.7 Å². The van der Waals surface area contributed by atoms with E-state index in [0.717, 1.165) is 5.56 Å². The van der Waals surface area contributed by atoms with Gasteiger partial charge < -0.3 is 10.4 Å². The monoisotopic (exact) mass is 283 g/mol. The Hall–Kier alpha value is -1.55. The van der Waals surface area contributed by atoms with Gasteiger partial charge in [0.25, 0.3) is 5.91 Å². The minimum atomic E-state index is -0.809. The highest BCUT2D eigenvalue weighted by Gasteiger charge is 2.11. The average Bonchev–Trinajstić information content (AvgIpc) is 2.32. The van der Waals surface area contributed by atoms with E-state index in [-0.39, 0.29) is 11.8 Å². The molecule has 1 amide bonds. The second kappa shape index (κ2) is 7.14. The number of carboxylic acid groups (broad SMARTS) is 1. The lowest BCUT2D eigenvalue weighted by Gasteiger charge is -2.08. The molecular weight excluding hydrogens is 266 g/mol. The summed E-state index contributed by atoms with van der Waals surface area (Å²) in [6.45, 7) is 3.99. The molecule has 1 aromatic carbocycles. The van der Waals surface area contributed by atoms with E-state index in [1.54, 1.807) is 25.1 Å². The number of benzene rings is 1. The Kier molecular flexibility index (Phi) is 5.83. The number of hydrogen-bond acceptors (Lipinski definition) is 2. The van der Waals surface area contributed by atoms with Crippen LogP contribution in [0.1, 0.15) is 35.7 Å².